The van der Waals surface area contributed by atoms with Crippen LogP contribution < -0.4 is 14.2 Å². The van der Waals surface area contributed by atoms with Gasteiger partial charge in [-0.2, -0.15) is 0 Å². The van der Waals surface area contributed by atoms with Gasteiger partial charge in [0.1, 0.15) is 18.1 Å². The Morgan fingerprint density at radius 3 is 2.43 bits per heavy atom. The van der Waals surface area contributed by atoms with Crippen LogP contribution in [0.2, 0.25) is 0 Å². The number of rotatable bonds is 8. The second kappa shape index (κ2) is 8.38. The molecule has 0 fully saturated rings. The molecule has 1 aromatic heterocycles. The predicted molar refractivity (Wildman–Crippen MR) is 120 cm³/mol. The molecule has 0 aliphatic heterocycles. The van der Waals surface area contributed by atoms with Crippen LogP contribution in [0.3, 0.4) is 0 Å². The predicted octanol–water partition coefficient (Wildman–Crippen LogP) is 3.78. The zero-order valence-electron chi connectivity index (χ0n) is 17.0. The van der Waals surface area contributed by atoms with E-state index in [0.717, 1.165) is 28.1 Å². The SMILES string of the molecule is COc1cc(OCCNS(C)(=O)=O)c2c3ccccc3n(Cc3ccccc3)c2c1. The van der Waals surface area contributed by atoms with Gasteiger partial charge in [-0.25, -0.2) is 13.1 Å². The van der Waals surface area contributed by atoms with Gasteiger partial charge in [0.2, 0.25) is 10.0 Å². The highest BCUT2D eigenvalue weighted by Crippen LogP contribution is 2.39. The normalized spacial score (nSPS) is 11.8. The van der Waals surface area contributed by atoms with E-state index in [-0.39, 0.29) is 13.2 Å². The molecule has 0 radical (unpaired) electrons. The maximum absolute atomic E-state index is 11.3. The maximum Gasteiger partial charge on any atom is 0.208 e. The van der Waals surface area contributed by atoms with Gasteiger partial charge in [-0.05, 0) is 11.6 Å². The number of nitrogens with one attached hydrogen (secondary N) is 1. The van der Waals surface area contributed by atoms with Gasteiger partial charge in [0.25, 0.3) is 0 Å². The molecule has 0 saturated heterocycles. The monoisotopic (exact) mass is 424 g/mol. The molecule has 0 amide bonds. The first-order valence-corrected chi connectivity index (χ1v) is 11.6. The quantitative estimate of drug-likeness (QED) is 0.437. The first kappa shape index (κ1) is 20.3. The Morgan fingerprint density at radius 2 is 1.70 bits per heavy atom. The van der Waals surface area contributed by atoms with Gasteiger partial charge >= 0.3 is 0 Å². The number of nitrogens with zero attached hydrogens (tertiary/aromatic N) is 1. The Labute approximate surface area is 176 Å². The van der Waals surface area contributed by atoms with Gasteiger partial charge in [0.15, 0.2) is 0 Å². The van der Waals surface area contributed by atoms with E-state index in [1.165, 1.54) is 5.56 Å². The van der Waals surface area contributed by atoms with Crippen LogP contribution in [-0.2, 0) is 16.6 Å². The van der Waals surface area contributed by atoms with Crippen molar-refractivity contribution in [3.8, 4) is 11.5 Å². The van der Waals surface area contributed by atoms with Crippen LogP contribution in [0.25, 0.3) is 21.8 Å². The fourth-order valence-corrected chi connectivity index (χ4v) is 4.12. The Kier molecular flexibility index (Phi) is 5.65. The molecule has 0 aliphatic rings. The molecule has 0 atom stereocenters. The van der Waals surface area contributed by atoms with E-state index in [1.54, 1.807) is 7.11 Å². The minimum absolute atomic E-state index is 0.195. The van der Waals surface area contributed by atoms with Gasteiger partial charge in [0.05, 0.1) is 18.9 Å². The second-order valence-corrected chi connectivity index (χ2v) is 8.96. The van der Waals surface area contributed by atoms with Crippen LogP contribution in [0.1, 0.15) is 5.56 Å². The summed E-state index contributed by atoms with van der Waals surface area (Å²) in [6.45, 7) is 1.13. The Balaban J connectivity index is 1.81. The van der Waals surface area contributed by atoms with Crippen LogP contribution in [0.5, 0.6) is 11.5 Å². The maximum atomic E-state index is 11.3. The smallest absolute Gasteiger partial charge is 0.208 e. The first-order chi connectivity index (χ1) is 14.5. The fourth-order valence-electron chi connectivity index (χ4n) is 3.67. The van der Waals surface area contributed by atoms with Crippen LogP contribution in [0.4, 0.5) is 0 Å². The van der Waals surface area contributed by atoms with Crippen LogP contribution in [0.15, 0.2) is 66.7 Å². The van der Waals surface area contributed by atoms with E-state index in [9.17, 15) is 8.42 Å². The third kappa shape index (κ3) is 4.27. The van der Waals surface area contributed by atoms with Gasteiger partial charge in [-0.15, -0.1) is 0 Å². The summed E-state index contributed by atoms with van der Waals surface area (Å²) in [6.07, 6.45) is 1.13. The molecule has 7 heteroatoms. The van der Waals surface area contributed by atoms with Gasteiger partial charge in [-0.1, -0.05) is 48.5 Å². The van der Waals surface area contributed by atoms with Crippen molar-refractivity contribution >= 4 is 31.8 Å². The van der Waals surface area contributed by atoms with E-state index in [0.29, 0.717) is 18.0 Å². The largest absolute Gasteiger partial charge is 0.497 e. The average Bonchev–Trinajstić information content (AvgIpc) is 3.05. The molecule has 0 bridgehead atoms. The molecule has 30 heavy (non-hydrogen) atoms. The van der Waals surface area contributed by atoms with Crippen molar-refractivity contribution < 1.29 is 17.9 Å². The number of para-hydroxylation sites is 1. The van der Waals surface area contributed by atoms with Crippen LogP contribution in [-0.4, -0.2) is 39.5 Å². The average molecular weight is 425 g/mol. The molecule has 6 nitrogen and oxygen atoms in total. The molecule has 0 aliphatic carbocycles. The molecule has 0 saturated carbocycles. The third-order valence-corrected chi connectivity index (χ3v) is 5.68. The lowest BCUT2D eigenvalue weighted by Gasteiger charge is -2.12. The van der Waals surface area contributed by atoms with Gasteiger partial charge < -0.3 is 14.0 Å². The number of hydrogen-bond donors (Lipinski definition) is 1. The molecular formula is C23H24N2O4S. The molecule has 0 spiro atoms. The number of aromatic nitrogens is 1. The van der Waals surface area contributed by atoms with Crippen molar-refractivity contribution in [1.82, 2.24) is 9.29 Å². The van der Waals surface area contributed by atoms with E-state index in [1.807, 2.05) is 42.5 Å². The number of sulfonamides is 1. The summed E-state index contributed by atoms with van der Waals surface area (Å²) in [5.41, 5.74) is 3.30. The molecular weight excluding hydrogens is 400 g/mol. The van der Waals surface area contributed by atoms with Crippen molar-refractivity contribution in [2.24, 2.45) is 0 Å². The van der Waals surface area contributed by atoms with E-state index < -0.39 is 10.0 Å². The summed E-state index contributed by atoms with van der Waals surface area (Å²) < 4.78 is 38.9. The van der Waals surface area contributed by atoms with E-state index >= 15 is 0 Å². The number of ether oxygens (including phenoxy) is 2. The Hall–Kier alpha value is -3.03. The second-order valence-electron chi connectivity index (χ2n) is 7.12. The van der Waals surface area contributed by atoms with Crippen molar-refractivity contribution in [2.45, 2.75) is 6.54 Å². The molecule has 156 valence electrons. The van der Waals surface area contributed by atoms with Crippen molar-refractivity contribution in [3.63, 3.8) is 0 Å². The number of fused-ring (bicyclic) bond motifs is 3. The lowest BCUT2D eigenvalue weighted by atomic mass is 10.1. The molecule has 4 rings (SSSR count). The van der Waals surface area contributed by atoms with Crippen molar-refractivity contribution in [1.29, 1.82) is 0 Å². The highest BCUT2D eigenvalue weighted by Gasteiger charge is 2.17. The summed E-state index contributed by atoms with van der Waals surface area (Å²) in [6, 6.07) is 22.4. The molecule has 0 unspecified atom stereocenters. The highest BCUT2D eigenvalue weighted by molar-refractivity contribution is 7.88. The van der Waals surface area contributed by atoms with Crippen LogP contribution in [0, 0.1) is 0 Å². The van der Waals surface area contributed by atoms with Crippen molar-refractivity contribution in [2.75, 3.05) is 26.5 Å². The highest BCUT2D eigenvalue weighted by atomic mass is 32.2. The minimum Gasteiger partial charge on any atom is -0.497 e. The third-order valence-electron chi connectivity index (χ3n) is 4.95. The summed E-state index contributed by atoms with van der Waals surface area (Å²) in [5.74, 6) is 1.35. The first-order valence-electron chi connectivity index (χ1n) is 9.66. The standard InChI is InChI=1S/C23H24N2O4S/c1-28-18-14-21-23(22(15-18)29-13-12-24-30(2,26)27)19-10-6-7-11-20(19)25(21)16-17-8-4-3-5-9-17/h3-11,14-15,24H,12-13,16H2,1-2H3. The molecule has 1 heterocycles. The number of hydrogen-bond acceptors (Lipinski definition) is 4. The van der Waals surface area contributed by atoms with Gasteiger partial charge in [-0.3, -0.25) is 0 Å². The lowest BCUT2D eigenvalue weighted by Crippen LogP contribution is -2.26. The molecule has 4 aromatic rings. The topological polar surface area (TPSA) is 69.6 Å². The van der Waals surface area contributed by atoms with Gasteiger partial charge in [0, 0.05) is 41.5 Å². The Bertz CT molecular complexity index is 1280. The zero-order valence-corrected chi connectivity index (χ0v) is 17.8. The van der Waals surface area contributed by atoms with Crippen LogP contribution >= 0.6 is 0 Å². The zero-order chi connectivity index (χ0) is 21.1. The summed E-state index contributed by atoms with van der Waals surface area (Å²) in [4.78, 5) is 0. The molecule has 3 aromatic carbocycles. The fraction of sp³-hybridized carbons (Fsp3) is 0.217. The molecule has 1 N–H and O–H groups in total. The number of benzene rings is 3. The number of methoxy groups -OCH3 is 1. The van der Waals surface area contributed by atoms with Crippen molar-refractivity contribution in [3.05, 3.63) is 72.3 Å². The minimum atomic E-state index is -3.26. The van der Waals surface area contributed by atoms with E-state index in [4.69, 9.17) is 9.47 Å². The van der Waals surface area contributed by atoms with E-state index in [2.05, 4.69) is 33.6 Å². The Morgan fingerprint density at radius 1 is 0.967 bits per heavy atom. The summed E-state index contributed by atoms with van der Waals surface area (Å²) >= 11 is 0. The lowest BCUT2D eigenvalue weighted by molar-refractivity contribution is 0.324. The summed E-state index contributed by atoms with van der Waals surface area (Å²) in [5, 5.41) is 2.07. The summed E-state index contributed by atoms with van der Waals surface area (Å²) in [7, 11) is -1.63.